The molecule has 4 nitrogen and oxygen atoms in total. The van der Waals surface area contributed by atoms with Crippen LogP contribution in [0, 0.1) is 17.7 Å². The van der Waals surface area contributed by atoms with E-state index in [1.54, 1.807) is 6.07 Å². The van der Waals surface area contributed by atoms with Crippen molar-refractivity contribution in [1.29, 1.82) is 0 Å². The van der Waals surface area contributed by atoms with Crippen LogP contribution >= 0.6 is 0 Å². The fourth-order valence-electron chi connectivity index (χ4n) is 1.66. The predicted octanol–water partition coefficient (Wildman–Crippen LogP) is 1.96. The van der Waals surface area contributed by atoms with Gasteiger partial charge in [0, 0.05) is 5.69 Å². The van der Waals surface area contributed by atoms with E-state index in [9.17, 15) is 14.0 Å². The summed E-state index contributed by atoms with van der Waals surface area (Å²) in [5, 5.41) is 2.45. The first-order valence-electron chi connectivity index (χ1n) is 5.78. The molecule has 2 atom stereocenters. The molecule has 1 fully saturated rings. The van der Waals surface area contributed by atoms with Gasteiger partial charge in [0.05, 0.1) is 5.92 Å². The van der Waals surface area contributed by atoms with Crippen molar-refractivity contribution in [2.45, 2.75) is 13.3 Å². The molecule has 1 amide bonds. The minimum absolute atomic E-state index is 0.0630. The molecule has 1 aromatic carbocycles. The first kappa shape index (κ1) is 12.5. The molecule has 0 aliphatic heterocycles. The standard InChI is InChI=1S/C13H14FNO3/c1-8-5-11(8)13(17)18-7-12(16)15-10-4-2-3-9(14)6-10/h2-4,6,8,11H,5,7H2,1H3,(H,15,16)/t8-,11+/m1/s1. The van der Waals surface area contributed by atoms with Crippen LogP contribution in [-0.4, -0.2) is 18.5 Å². The number of carbonyl (C=O) groups is 2. The predicted molar refractivity (Wildman–Crippen MR) is 63.3 cm³/mol. The maximum atomic E-state index is 12.9. The monoisotopic (exact) mass is 251 g/mol. The summed E-state index contributed by atoms with van der Waals surface area (Å²) in [4.78, 5) is 22.8. The number of esters is 1. The molecule has 5 heteroatoms. The lowest BCUT2D eigenvalue weighted by Gasteiger charge is -2.06. The van der Waals surface area contributed by atoms with Gasteiger partial charge >= 0.3 is 5.97 Å². The third kappa shape index (κ3) is 3.29. The van der Waals surface area contributed by atoms with E-state index in [4.69, 9.17) is 4.74 Å². The number of hydrogen-bond donors (Lipinski definition) is 1. The summed E-state index contributed by atoms with van der Waals surface area (Å²) in [6, 6.07) is 5.53. The topological polar surface area (TPSA) is 55.4 Å². The van der Waals surface area contributed by atoms with E-state index < -0.39 is 11.7 Å². The molecule has 1 saturated carbocycles. The van der Waals surface area contributed by atoms with Crippen molar-refractivity contribution in [2.75, 3.05) is 11.9 Å². The number of amides is 1. The molecule has 1 aliphatic carbocycles. The average molecular weight is 251 g/mol. The minimum atomic E-state index is -0.470. The molecule has 0 aromatic heterocycles. The van der Waals surface area contributed by atoms with Crippen LogP contribution in [0.1, 0.15) is 13.3 Å². The normalized spacial score (nSPS) is 21.2. The first-order valence-corrected chi connectivity index (χ1v) is 5.78. The molecule has 18 heavy (non-hydrogen) atoms. The molecule has 96 valence electrons. The Morgan fingerprint density at radius 1 is 1.50 bits per heavy atom. The summed E-state index contributed by atoms with van der Waals surface area (Å²) in [5.41, 5.74) is 0.343. The van der Waals surface area contributed by atoms with Crippen molar-refractivity contribution in [2.24, 2.45) is 11.8 Å². The van der Waals surface area contributed by atoms with Gasteiger partial charge in [-0.1, -0.05) is 13.0 Å². The highest BCUT2D eigenvalue weighted by molar-refractivity contribution is 5.93. The maximum Gasteiger partial charge on any atom is 0.309 e. The van der Waals surface area contributed by atoms with Crippen LogP contribution in [0.15, 0.2) is 24.3 Å². The van der Waals surface area contributed by atoms with E-state index in [-0.39, 0.29) is 18.5 Å². The number of nitrogens with one attached hydrogen (secondary N) is 1. The largest absolute Gasteiger partial charge is 0.455 e. The quantitative estimate of drug-likeness (QED) is 0.832. The fourth-order valence-corrected chi connectivity index (χ4v) is 1.66. The van der Waals surface area contributed by atoms with E-state index >= 15 is 0 Å². The second-order valence-electron chi connectivity index (χ2n) is 4.49. The molecular weight excluding hydrogens is 237 g/mol. The van der Waals surface area contributed by atoms with Gasteiger partial charge in [-0.25, -0.2) is 4.39 Å². The van der Waals surface area contributed by atoms with Gasteiger partial charge in [-0.15, -0.1) is 0 Å². The summed E-state index contributed by atoms with van der Waals surface area (Å²) >= 11 is 0. The smallest absolute Gasteiger partial charge is 0.309 e. The Morgan fingerprint density at radius 3 is 2.83 bits per heavy atom. The second kappa shape index (κ2) is 5.16. The van der Waals surface area contributed by atoms with Crippen molar-refractivity contribution in [3.8, 4) is 0 Å². The van der Waals surface area contributed by atoms with Gasteiger partial charge in [0.1, 0.15) is 5.82 Å². The van der Waals surface area contributed by atoms with Gasteiger partial charge in [0.25, 0.3) is 5.91 Å². The van der Waals surface area contributed by atoms with Crippen molar-refractivity contribution in [1.82, 2.24) is 0 Å². The van der Waals surface area contributed by atoms with Crippen LogP contribution in [0.3, 0.4) is 0 Å². The fraction of sp³-hybridized carbons (Fsp3) is 0.385. The van der Waals surface area contributed by atoms with Crippen LogP contribution in [0.2, 0.25) is 0 Å². The molecule has 1 N–H and O–H groups in total. The summed E-state index contributed by atoms with van der Waals surface area (Å²) < 4.78 is 17.7. The van der Waals surface area contributed by atoms with Gasteiger partial charge in [0.15, 0.2) is 6.61 Å². The number of rotatable bonds is 4. The van der Waals surface area contributed by atoms with Crippen LogP contribution in [0.4, 0.5) is 10.1 Å². The lowest BCUT2D eigenvalue weighted by Crippen LogP contribution is -2.21. The molecule has 2 rings (SSSR count). The molecule has 0 heterocycles. The number of halogens is 1. The first-order chi connectivity index (χ1) is 8.56. The lowest BCUT2D eigenvalue weighted by atomic mass is 10.3. The Balaban J connectivity index is 1.77. The van der Waals surface area contributed by atoms with Gasteiger partial charge in [0.2, 0.25) is 0 Å². The van der Waals surface area contributed by atoms with Gasteiger partial charge in [-0.2, -0.15) is 0 Å². The van der Waals surface area contributed by atoms with Crippen LogP contribution in [-0.2, 0) is 14.3 Å². The summed E-state index contributed by atoms with van der Waals surface area (Å²) in [7, 11) is 0. The maximum absolute atomic E-state index is 12.9. The zero-order valence-corrected chi connectivity index (χ0v) is 9.98. The highest BCUT2D eigenvalue weighted by Gasteiger charge is 2.40. The van der Waals surface area contributed by atoms with E-state index in [0.29, 0.717) is 11.6 Å². The zero-order chi connectivity index (χ0) is 13.1. The minimum Gasteiger partial charge on any atom is -0.455 e. The van der Waals surface area contributed by atoms with E-state index in [0.717, 1.165) is 6.42 Å². The number of benzene rings is 1. The Kier molecular flexibility index (Phi) is 3.60. The lowest BCUT2D eigenvalue weighted by molar-refractivity contribution is -0.148. The summed E-state index contributed by atoms with van der Waals surface area (Å²) in [6.45, 7) is 1.62. The third-order valence-corrected chi connectivity index (χ3v) is 2.87. The molecular formula is C13H14FNO3. The van der Waals surface area contributed by atoms with Crippen molar-refractivity contribution in [3.05, 3.63) is 30.1 Å². The van der Waals surface area contributed by atoms with Gasteiger partial charge in [-0.05, 0) is 30.5 Å². The van der Waals surface area contributed by atoms with Gasteiger partial charge < -0.3 is 10.1 Å². The number of carbonyl (C=O) groups excluding carboxylic acids is 2. The molecule has 0 saturated heterocycles. The zero-order valence-electron chi connectivity index (χ0n) is 9.98. The second-order valence-corrected chi connectivity index (χ2v) is 4.49. The molecule has 0 radical (unpaired) electrons. The number of hydrogen-bond acceptors (Lipinski definition) is 3. The molecule has 0 spiro atoms. The van der Waals surface area contributed by atoms with Crippen LogP contribution in [0.5, 0.6) is 0 Å². The summed E-state index contributed by atoms with van der Waals surface area (Å²) in [6.07, 6.45) is 0.824. The molecule has 1 aliphatic rings. The molecule has 0 bridgehead atoms. The Morgan fingerprint density at radius 2 is 2.22 bits per heavy atom. The van der Waals surface area contributed by atoms with Crippen molar-refractivity contribution >= 4 is 17.6 Å². The number of anilines is 1. The Labute approximate surface area is 104 Å². The van der Waals surface area contributed by atoms with Crippen LogP contribution in [0.25, 0.3) is 0 Å². The molecule has 0 unspecified atom stereocenters. The van der Waals surface area contributed by atoms with Gasteiger partial charge in [-0.3, -0.25) is 9.59 Å². The number of ether oxygens (including phenoxy) is 1. The van der Waals surface area contributed by atoms with Crippen molar-refractivity contribution in [3.63, 3.8) is 0 Å². The van der Waals surface area contributed by atoms with E-state index in [1.807, 2.05) is 6.92 Å². The van der Waals surface area contributed by atoms with Crippen molar-refractivity contribution < 1.29 is 18.7 Å². The van der Waals surface area contributed by atoms with E-state index in [1.165, 1.54) is 18.2 Å². The highest BCUT2D eigenvalue weighted by Crippen LogP contribution is 2.38. The SMILES string of the molecule is C[C@@H]1C[C@@H]1C(=O)OCC(=O)Nc1cccc(F)c1. The Bertz CT molecular complexity index is 475. The Hall–Kier alpha value is -1.91. The highest BCUT2D eigenvalue weighted by atomic mass is 19.1. The van der Waals surface area contributed by atoms with Crippen LogP contribution < -0.4 is 5.32 Å². The third-order valence-electron chi connectivity index (χ3n) is 2.87. The van der Waals surface area contributed by atoms with E-state index in [2.05, 4.69) is 5.32 Å². The molecule has 1 aromatic rings. The average Bonchev–Trinajstić information content (AvgIpc) is 3.03. The summed E-state index contributed by atoms with van der Waals surface area (Å²) in [5.74, 6) is -0.952.